The normalized spacial score (nSPS) is 12.9. The molecule has 1 heterocycles. The molecule has 1 aromatic carbocycles. The van der Waals surface area contributed by atoms with Crippen LogP contribution < -0.4 is 10.5 Å². The Balaban J connectivity index is 2.23. The quantitative estimate of drug-likeness (QED) is 0.871. The fourth-order valence-electron chi connectivity index (χ4n) is 2.00. The Hall–Kier alpha value is -1.83. The van der Waals surface area contributed by atoms with Crippen LogP contribution >= 0.6 is 11.6 Å². The maximum Gasteiger partial charge on any atom is 0.287 e. The first kappa shape index (κ1) is 16.5. The van der Waals surface area contributed by atoms with Crippen LogP contribution in [-0.4, -0.2) is 14.3 Å². The lowest BCUT2D eigenvalue weighted by Gasteiger charge is -2.17. The largest absolute Gasteiger partial charge is 0.440 e. The molecule has 0 aliphatic heterocycles. The van der Waals surface area contributed by atoms with Crippen LogP contribution in [0.3, 0.4) is 0 Å². The lowest BCUT2D eigenvalue weighted by atomic mass is 10.0. The van der Waals surface area contributed by atoms with Gasteiger partial charge >= 0.3 is 0 Å². The third-order valence-electron chi connectivity index (χ3n) is 3.10. The van der Waals surface area contributed by atoms with Gasteiger partial charge in [-0.3, -0.25) is 4.79 Å². The highest BCUT2D eigenvalue weighted by molar-refractivity contribution is 7.89. The Morgan fingerprint density at radius 2 is 2.09 bits per heavy atom. The summed E-state index contributed by atoms with van der Waals surface area (Å²) >= 11 is 5.64. The second kappa shape index (κ2) is 6.51. The molecule has 118 valence electrons. The molecule has 3 N–H and O–H groups in total. The van der Waals surface area contributed by atoms with Gasteiger partial charge in [0.1, 0.15) is 0 Å². The molecule has 2 aromatic rings. The molecule has 1 amide bonds. The van der Waals surface area contributed by atoms with Gasteiger partial charge in [-0.05, 0) is 47.9 Å². The number of rotatable bonds is 5. The zero-order chi connectivity index (χ0) is 16.3. The predicted molar refractivity (Wildman–Crippen MR) is 82.0 cm³/mol. The highest BCUT2D eigenvalue weighted by Crippen LogP contribution is 2.21. The molecule has 2 rings (SSSR count). The summed E-state index contributed by atoms with van der Waals surface area (Å²) in [5.41, 5.74) is 0.639. The molecular formula is C14H15ClN2O4S. The van der Waals surface area contributed by atoms with Gasteiger partial charge in [-0.1, -0.05) is 19.1 Å². The fraction of sp³-hybridized carbons (Fsp3) is 0.214. The monoisotopic (exact) mass is 342 g/mol. The lowest BCUT2D eigenvalue weighted by molar-refractivity contribution is 0.0907. The average molecular weight is 343 g/mol. The van der Waals surface area contributed by atoms with Crippen LogP contribution in [0.25, 0.3) is 0 Å². The number of carbonyl (C=O) groups is 1. The summed E-state index contributed by atoms with van der Waals surface area (Å²) in [7, 11) is -3.79. The topological polar surface area (TPSA) is 102 Å². The first-order chi connectivity index (χ1) is 10.3. The smallest absolute Gasteiger partial charge is 0.287 e. The van der Waals surface area contributed by atoms with Crippen LogP contribution in [0, 0.1) is 0 Å². The molecule has 0 radical (unpaired) electrons. The van der Waals surface area contributed by atoms with Crippen LogP contribution in [0.4, 0.5) is 0 Å². The van der Waals surface area contributed by atoms with Crippen molar-refractivity contribution in [3.8, 4) is 0 Å². The summed E-state index contributed by atoms with van der Waals surface area (Å²) in [6.45, 7) is 1.86. The number of halogens is 1. The number of benzene rings is 1. The molecule has 8 heteroatoms. The number of furan rings is 1. The predicted octanol–water partition coefficient (Wildman–Crippen LogP) is 2.46. The van der Waals surface area contributed by atoms with Crippen molar-refractivity contribution >= 4 is 27.5 Å². The maximum atomic E-state index is 12.1. The Morgan fingerprint density at radius 1 is 1.36 bits per heavy atom. The highest BCUT2D eigenvalue weighted by Gasteiger charge is 2.18. The van der Waals surface area contributed by atoms with Gasteiger partial charge in [0.25, 0.3) is 5.91 Å². The molecule has 0 fully saturated rings. The number of sulfonamides is 1. The average Bonchev–Trinajstić information content (AvgIpc) is 2.90. The molecular weight excluding hydrogens is 328 g/mol. The molecule has 0 saturated heterocycles. The maximum absolute atomic E-state index is 12.1. The van der Waals surface area contributed by atoms with E-state index in [9.17, 15) is 13.2 Å². The summed E-state index contributed by atoms with van der Waals surface area (Å²) < 4.78 is 27.8. The second-order valence-corrected chi connectivity index (χ2v) is 6.59. The number of nitrogens with one attached hydrogen (secondary N) is 1. The summed E-state index contributed by atoms with van der Waals surface area (Å²) in [5.74, 6) is -0.342. The Kier molecular flexibility index (Phi) is 4.90. The van der Waals surface area contributed by atoms with E-state index in [1.165, 1.54) is 24.3 Å². The van der Waals surface area contributed by atoms with Crippen molar-refractivity contribution in [1.29, 1.82) is 0 Å². The van der Waals surface area contributed by atoms with E-state index in [1.54, 1.807) is 12.1 Å². The Labute approximate surface area is 133 Å². The SMILES string of the molecule is CC[C@H](NC(=O)c1ccc(Cl)o1)c1cccc(S(N)(=O)=O)c1. The number of nitrogens with two attached hydrogens (primary N) is 1. The van der Waals surface area contributed by atoms with Crippen LogP contribution in [0.15, 0.2) is 45.7 Å². The third kappa shape index (κ3) is 3.88. The van der Waals surface area contributed by atoms with E-state index in [4.69, 9.17) is 21.2 Å². The minimum absolute atomic E-state index is 0.00116. The van der Waals surface area contributed by atoms with E-state index in [1.807, 2.05) is 6.92 Å². The summed E-state index contributed by atoms with van der Waals surface area (Å²) in [6, 6.07) is 8.70. The lowest BCUT2D eigenvalue weighted by Crippen LogP contribution is -2.28. The van der Waals surface area contributed by atoms with Gasteiger partial charge in [0, 0.05) is 0 Å². The first-order valence-electron chi connectivity index (χ1n) is 6.50. The highest BCUT2D eigenvalue weighted by atomic mass is 35.5. The van der Waals surface area contributed by atoms with Crippen LogP contribution in [0.5, 0.6) is 0 Å². The molecule has 6 nitrogen and oxygen atoms in total. The Morgan fingerprint density at radius 3 is 2.64 bits per heavy atom. The molecule has 0 unspecified atom stereocenters. The number of hydrogen-bond acceptors (Lipinski definition) is 4. The number of primary sulfonamides is 1. The van der Waals surface area contributed by atoms with Gasteiger partial charge in [0.2, 0.25) is 10.0 Å². The zero-order valence-electron chi connectivity index (χ0n) is 11.7. The molecule has 0 saturated carbocycles. The molecule has 0 aliphatic rings. The number of hydrogen-bond donors (Lipinski definition) is 2. The van der Waals surface area contributed by atoms with E-state index in [0.717, 1.165) is 0 Å². The zero-order valence-corrected chi connectivity index (χ0v) is 13.3. The van der Waals surface area contributed by atoms with E-state index in [2.05, 4.69) is 5.32 Å². The van der Waals surface area contributed by atoms with E-state index in [0.29, 0.717) is 12.0 Å². The van der Waals surface area contributed by atoms with Crippen molar-refractivity contribution in [1.82, 2.24) is 5.32 Å². The minimum atomic E-state index is -3.79. The summed E-state index contributed by atoms with van der Waals surface area (Å²) in [6.07, 6.45) is 0.564. The van der Waals surface area contributed by atoms with Crippen molar-refractivity contribution in [2.75, 3.05) is 0 Å². The van der Waals surface area contributed by atoms with Gasteiger partial charge in [-0.15, -0.1) is 0 Å². The molecule has 22 heavy (non-hydrogen) atoms. The van der Waals surface area contributed by atoms with Gasteiger partial charge in [0.05, 0.1) is 10.9 Å². The van der Waals surface area contributed by atoms with Gasteiger partial charge in [0.15, 0.2) is 11.0 Å². The summed E-state index contributed by atoms with van der Waals surface area (Å²) in [5, 5.41) is 8.00. The van der Waals surface area contributed by atoms with E-state index in [-0.39, 0.29) is 21.9 Å². The van der Waals surface area contributed by atoms with Crippen LogP contribution in [-0.2, 0) is 10.0 Å². The third-order valence-corrected chi connectivity index (χ3v) is 4.21. The van der Waals surface area contributed by atoms with Crippen molar-refractivity contribution in [3.63, 3.8) is 0 Å². The van der Waals surface area contributed by atoms with Gasteiger partial charge in [-0.25, -0.2) is 13.6 Å². The van der Waals surface area contributed by atoms with Crippen molar-refractivity contribution in [2.24, 2.45) is 5.14 Å². The van der Waals surface area contributed by atoms with Crippen LogP contribution in [0.1, 0.15) is 35.5 Å². The van der Waals surface area contributed by atoms with Crippen LogP contribution in [0.2, 0.25) is 5.22 Å². The standard InChI is InChI=1S/C14H15ClN2O4S/c1-2-11(17-14(18)12-6-7-13(15)21-12)9-4-3-5-10(8-9)22(16,19)20/h3-8,11H,2H2,1H3,(H,17,18)(H2,16,19,20)/t11-/m0/s1. The molecule has 1 atom stereocenters. The van der Waals surface area contributed by atoms with E-state index < -0.39 is 15.9 Å². The number of carbonyl (C=O) groups excluding carboxylic acids is 1. The molecule has 1 aromatic heterocycles. The van der Waals surface area contributed by atoms with Crippen molar-refractivity contribution < 1.29 is 17.6 Å². The van der Waals surface area contributed by atoms with Gasteiger partial charge < -0.3 is 9.73 Å². The van der Waals surface area contributed by atoms with Crippen molar-refractivity contribution in [3.05, 3.63) is 52.9 Å². The fourth-order valence-corrected chi connectivity index (χ4v) is 2.71. The number of amides is 1. The minimum Gasteiger partial charge on any atom is -0.440 e. The molecule has 0 bridgehead atoms. The van der Waals surface area contributed by atoms with Gasteiger partial charge in [-0.2, -0.15) is 0 Å². The second-order valence-electron chi connectivity index (χ2n) is 4.66. The molecule has 0 aliphatic carbocycles. The van der Waals surface area contributed by atoms with E-state index >= 15 is 0 Å². The van der Waals surface area contributed by atoms with Crippen molar-refractivity contribution in [2.45, 2.75) is 24.3 Å². The first-order valence-corrected chi connectivity index (χ1v) is 8.42. The Bertz CT molecular complexity index is 786. The molecule has 0 spiro atoms. The summed E-state index contributed by atoms with van der Waals surface area (Å²) in [4.78, 5) is 12.1.